The molecule has 2 aliphatic rings. The zero-order valence-electron chi connectivity index (χ0n) is 13.1. The fourth-order valence-electron chi connectivity index (χ4n) is 3.78. The van der Waals surface area contributed by atoms with E-state index in [9.17, 15) is 8.42 Å². The number of nitrogens with one attached hydrogen (secondary N) is 1. The van der Waals surface area contributed by atoms with Crippen molar-refractivity contribution in [3.8, 4) is 0 Å². The lowest BCUT2D eigenvalue weighted by Crippen LogP contribution is -2.61. The minimum atomic E-state index is -3.03. The van der Waals surface area contributed by atoms with Gasteiger partial charge in [0.25, 0.3) is 0 Å². The van der Waals surface area contributed by atoms with Gasteiger partial charge in [0.2, 0.25) is 10.0 Å². The zero-order chi connectivity index (χ0) is 14.8. The number of piperidine rings is 1. The van der Waals surface area contributed by atoms with Gasteiger partial charge < -0.3 is 5.32 Å². The minimum Gasteiger partial charge on any atom is -0.314 e. The Balaban J connectivity index is 2.10. The van der Waals surface area contributed by atoms with Crippen LogP contribution in [0.15, 0.2) is 0 Å². The summed E-state index contributed by atoms with van der Waals surface area (Å²) in [5, 5.41) is 3.41. The lowest BCUT2D eigenvalue weighted by molar-refractivity contribution is 0.0140. The van der Waals surface area contributed by atoms with E-state index in [4.69, 9.17) is 0 Å². The molecule has 0 spiro atoms. The van der Waals surface area contributed by atoms with Gasteiger partial charge in [0.15, 0.2) is 0 Å². The SMILES string of the molecule is CC(C)CC1(N2CCNCC2)CCN(S(C)(=O)=O)CC1. The van der Waals surface area contributed by atoms with Crippen molar-refractivity contribution in [3.63, 3.8) is 0 Å². The van der Waals surface area contributed by atoms with E-state index in [2.05, 4.69) is 24.1 Å². The van der Waals surface area contributed by atoms with Crippen molar-refractivity contribution in [1.82, 2.24) is 14.5 Å². The second-order valence-corrected chi connectivity index (χ2v) is 8.70. The maximum absolute atomic E-state index is 11.7. The third-order valence-electron chi connectivity index (χ3n) is 4.70. The second kappa shape index (κ2) is 6.30. The van der Waals surface area contributed by atoms with Gasteiger partial charge >= 0.3 is 0 Å². The Labute approximate surface area is 123 Å². The minimum absolute atomic E-state index is 0.206. The highest BCUT2D eigenvalue weighted by atomic mass is 32.2. The summed E-state index contributed by atoms with van der Waals surface area (Å²) in [4.78, 5) is 2.61. The van der Waals surface area contributed by atoms with Crippen LogP contribution in [-0.2, 0) is 10.0 Å². The first kappa shape index (κ1) is 16.2. The number of rotatable bonds is 4. The molecule has 2 rings (SSSR count). The van der Waals surface area contributed by atoms with E-state index >= 15 is 0 Å². The molecular weight excluding hydrogens is 274 g/mol. The van der Waals surface area contributed by atoms with Crippen LogP contribution in [0.25, 0.3) is 0 Å². The first-order valence-corrected chi connectivity index (χ1v) is 9.59. The van der Waals surface area contributed by atoms with E-state index in [-0.39, 0.29) is 5.54 Å². The maximum Gasteiger partial charge on any atom is 0.211 e. The summed E-state index contributed by atoms with van der Waals surface area (Å²) in [7, 11) is -3.03. The van der Waals surface area contributed by atoms with Gasteiger partial charge in [-0.3, -0.25) is 4.90 Å². The van der Waals surface area contributed by atoms with Crippen molar-refractivity contribution in [2.75, 3.05) is 45.5 Å². The second-order valence-electron chi connectivity index (χ2n) is 6.72. The highest BCUT2D eigenvalue weighted by molar-refractivity contribution is 7.88. The number of hydrogen-bond acceptors (Lipinski definition) is 4. The average molecular weight is 303 g/mol. The predicted octanol–water partition coefficient (Wildman–Crippen LogP) is 0.732. The van der Waals surface area contributed by atoms with Crippen LogP contribution in [0, 0.1) is 5.92 Å². The van der Waals surface area contributed by atoms with Crippen LogP contribution in [0.5, 0.6) is 0 Å². The molecule has 5 nitrogen and oxygen atoms in total. The van der Waals surface area contributed by atoms with Crippen LogP contribution in [0.3, 0.4) is 0 Å². The van der Waals surface area contributed by atoms with E-state index in [0.29, 0.717) is 19.0 Å². The molecule has 2 fully saturated rings. The number of nitrogens with zero attached hydrogens (tertiary/aromatic N) is 2. The number of piperazine rings is 1. The lowest BCUT2D eigenvalue weighted by atomic mass is 9.79. The molecule has 0 atom stereocenters. The largest absolute Gasteiger partial charge is 0.314 e. The molecule has 118 valence electrons. The van der Waals surface area contributed by atoms with Gasteiger partial charge in [-0.15, -0.1) is 0 Å². The summed E-state index contributed by atoms with van der Waals surface area (Å²) < 4.78 is 25.0. The summed E-state index contributed by atoms with van der Waals surface area (Å²) in [5.74, 6) is 0.648. The van der Waals surface area contributed by atoms with Crippen LogP contribution in [0.4, 0.5) is 0 Å². The lowest BCUT2D eigenvalue weighted by Gasteiger charge is -2.51. The van der Waals surface area contributed by atoms with E-state index in [1.165, 1.54) is 12.7 Å². The molecule has 0 aromatic heterocycles. The monoisotopic (exact) mass is 303 g/mol. The smallest absolute Gasteiger partial charge is 0.211 e. The van der Waals surface area contributed by atoms with Gasteiger partial charge in [-0.1, -0.05) is 13.8 Å². The van der Waals surface area contributed by atoms with Gasteiger partial charge in [-0.05, 0) is 25.2 Å². The molecule has 6 heteroatoms. The Morgan fingerprint density at radius 3 is 2.10 bits per heavy atom. The highest BCUT2D eigenvalue weighted by Crippen LogP contribution is 2.35. The third-order valence-corrected chi connectivity index (χ3v) is 6.00. The van der Waals surface area contributed by atoms with Crippen LogP contribution in [0.1, 0.15) is 33.1 Å². The summed E-state index contributed by atoms with van der Waals surface area (Å²) in [6, 6.07) is 0. The van der Waals surface area contributed by atoms with E-state index < -0.39 is 10.0 Å². The fraction of sp³-hybridized carbons (Fsp3) is 1.00. The predicted molar refractivity (Wildman–Crippen MR) is 82.3 cm³/mol. The molecule has 0 aliphatic carbocycles. The first-order valence-electron chi connectivity index (χ1n) is 7.74. The molecule has 0 aromatic rings. The maximum atomic E-state index is 11.7. The van der Waals surface area contributed by atoms with Gasteiger partial charge in [-0.2, -0.15) is 0 Å². The molecule has 0 amide bonds. The molecule has 20 heavy (non-hydrogen) atoms. The summed E-state index contributed by atoms with van der Waals surface area (Å²) in [6.45, 7) is 10.2. The standard InChI is InChI=1S/C14H29N3O2S/c1-13(2)12-14(16-10-6-15-7-11-16)4-8-17(9-5-14)20(3,18)19/h13,15H,4-12H2,1-3H3. The quantitative estimate of drug-likeness (QED) is 0.832. The van der Waals surface area contributed by atoms with Gasteiger partial charge in [0.05, 0.1) is 6.26 Å². The number of hydrogen-bond donors (Lipinski definition) is 1. The molecule has 2 heterocycles. The third kappa shape index (κ3) is 3.72. The summed E-state index contributed by atoms with van der Waals surface area (Å²) in [6.07, 6.45) is 4.44. The molecule has 2 saturated heterocycles. The van der Waals surface area contributed by atoms with Crippen LogP contribution in [-0.4, -0.2) is 68.7 Å². The first-order chi connectivity index (χ1) is 9.33. The van der Waals surface area contributed by atoms with E-state index in [1.54, 1.807) is 4.31 Å². The Kier molecular flexibility index (Phi) is 5.10. The van der Waals surface area contributed by atoms with Gasteiger partial charge in [-0.25, -0.2) is 12.7 Å². The molecule has 0 radical (unpaired) electrons. The van der Waals surface area contributed by atoms with E-state index in [1.807, 2.05) is 0 Å². The van der Waals surface area contributed by atoms with Crippen molar-refractivity contribution in [2.45, 2.75) is 38.6 Å². The Hall–Kier alpha value is -0.170. The van der Waals surface area contributed by atoms with Crippen molar-refractivity contribution in [3.05, 3.63) is 0 Å². The highest BCUT2D eigenvalue weighted by Gasteiger charge is 2.41. The van der Waals surface area contributed by atoms with Gasteiger partial charge in [0.1, 0.15) is 0 Å². The summed E-state index contributed by atoms with van der Waals surface area (Å²) in [5.41, 5.74) is 0.206. The molecule has 0 saturated carbocycles. The van der Waals surface area contributed by atoms with E-state index in [0.717, 1.165) is 39.0 Å². The molecule has 0 aromatic carbocycles. The molecule has 2 aliphatic heterocycles. The molecule has 0 bridgehead atoms. The Morgan fingerprint density at radius 2 is 1.65 bits per heavy atom. The fourth-order valence-corrected chi connectivity index (χ4v) is 4.63. The Bertz CT molecular complexity index is 408. The van der Waals surface area contributed by atoms with Crippen molar-refractivity contribution in [1.29, 1.82) is 0 Å². The molecule has 0 unspecified atom stereocenters. The number of sulfonamides is 1. The van der Waals surface area contributed by atoms with Crippen molar-refractivity contribution < 1.29 is 8.42 Å². The van der Waals surface area contributed by atoms with Crippen LogP contribution < -0.4 is 5.32 Å². The van der Waals surface area contributed by atoms with Crippen molar-refractivity contribution in [2.24, 2.45) is 5.92 Å². The van der Waals surface area contributed by atoms with Gasteiger partial charge in [0, 0.05) is 44.8 Å². The normalized spacial score (nSPS) is 26.0. The van der Waals surface area contributed by atoms with Crippen LogP contribution >= 0.6 is 0 Å². The molecular formula is C14H29N3O2S. The summed E-state index contributed by atoms with van der Waals surface area (Å²) >= 11 is 0. The molecule has 1 N–H and O–H groups in total. The van der Waals surface area contributed by atoms with Crippen molar-refractivity contribution >= 4 is 10.0 Å². The topological polar surface area (TPSA) is 52.6 Å². The Morgan fingerprint density at radius 1 is 1.10 bits per heavy atom. The average Bonchev–Trinajstić information content (AvgIpc) is 2.38. The van der Waals surface area contributed by atoms with Crippen LogP contribution in [0.2, 0.25) is 0 Å². The zero-order valence-corrected chi connectivity index (χ0v) is 13.9.